The first-order chi connectivity index (χ1) is 7.63. The van der Waals surface area contributed by atoms with Gasteiger partial charge in [-0.05, 0) is 13.8 Å². The Balaban J connectivity index is 1.94. The Morgan fingerprint density at radius 3 is 2.69 bits per heavy atom. The molecule has 2 rings (SSSR count). The van der Waals surface area contributed by atoms with Gasteiger partial charge in [-0.2, -0.15) is 0 Å². The van der Waals surface area contributed by atoms with Gasteiger partial charge in [-0.15, -0.1) is 22.7 Å². The van der Waals surface area contributed by atoms with Crippen molar-refractivity contribution in [3.05, 3.63) is 27.2 Å². The minimum Gasteiger partial charge on any atom is -0.302 e. The highest BCUT2D eigenvalue weighted by molar-refractivity contribution is 7.13. The van der Waals surface area contributed by atoms with Gasteiger partial charge in [-0.1, -0.05) is 0 Å². The Morgan fingerprint density at radius 1 is 1.31 bits per heavy atom. The third kappa shape index (κ3) is 2.86. The van der Waals surface area contributed by atoms with Gasteiger partial charge in [0.2, 0.25) is 5.91 Å². The van der Waals surface area contributed by atoms with Crippen LogP contribution in [0.5, 0.6) is 0 Å². The average Bonchev–Trinajstić information content (AvgIpc) is 2.76. The van der Waals surface area contributed by atoms with Crippen molar-refractivity contribution in [2.24, 2.45) is 0 Å². The van der Waals surface area contributed by atoms with E-state index in [1.54, 1.807) is 11.3 Å². The lowest BCUT2D eigenvalue weighted by Crippen LogP contribution is -2.14. The molecule has 0 saturated heterocycles. The van der Waals surface area contributed by atoms with Crippen molar-refractivity contribution in [2.75, 3.05) is 5.32 Å². The highest BCUT2D eigenvalue weighted by Crippen LogP contribution is 2.15. The number of hydrogen-bond acceptors (Lipinski definition) is 5. The van der Waals surface area contributed by atoms with Crippen LogP contribution < -0.4 is 5.32 Å². The Bertz CT molecular complexity index is 459. The van der Waals surface area contributed by atoms with Crippen LogP contribution in [0.3, 0.4) is 0 Å². The van der Waals surface area contributed by atoms with Gasteiger partial charge in [0.15, 0.2) is 5.13 Å². The molecule has 0 aliphatic heterocycles. The molecule has 1 amide bonds. The second kappa shape index (κ2) is 4.71. The molecule has 0 saturated carbocycles. The quantitative estimate of drug-likeness (QED) is 0.913. The Hall–Kier alpha value is -1.27. The third-order valence-corrected chi connectivity index (χ3v) is 3.57. The van der Waals surface area contributed by atoms with Gasteiger partial charge in [0, 0.05) is 10.8 Å². The van der Waals surface area contributed by atoms with Crippen molar-refractivity contribution >= 4 is 33.7 Å². The van der Waals surface area contributed by atoms with Gasteiger partial charge < -0.3 is 5.32 Å². The zero-order valence-electron chi connectivity index (χ0n) is 8.98. The van der Waals surface area contributed by atoms with Gasteiger partial charge in [0.25, 0.3) is 0 Å². The minimum absolute atomic E-state index is 0.0698. The number of rotatable bonds is 3. The average molecular weight is 253 g/mol. The zero-order chi connectivity index (χ0) is 11.5. The first-order valence-electron chi connectivity index (χ1n) is 4.76. The van der Waals surface area contributed by atoms with Crippen LogP contribution in [0.4, 0.5) is 5.13 Å². The third-order valence-electron chi connectivity index (χ3n) is 1.87. The topological polar surface area (TPSA) is 54.9 Å². The lowest BCUT2D eigenvalue weighted by molar-refractivity contribution is -0.115. The number of carbonyl (C=O) groups excluding carboxylic acids is 1. The SMILES string of the molecule is Cc1csc(NC(=O)Cc2csc(C)n2)n1. The van der Waals surface area contributed by atoms with Crippen molar-refractivity contribution < 1.29 is 4.79 Å². The smallest absolute Gasteiger partial charge is 0.232 e. The Morgan fingerprint density at radius 2 is 2.12 bits per heavy atom. The van der Waals surface area contributed by atoms with Crippen molar-refractivity contribution in [1.82, 2.24) is 9.97 Å². The molecule has 0 radical (unpaired) electrons. The number of carbonyl (C=O) groups is 1. The molecule has 0 unspecified atom stereocenters. The molecule has 0 aliphatic carbocycles. The van der Waals surface area contributed by atoms with E-state index in [4.69, 9.17) is 0 Å². The number of aromatic nitrogens is 2. The van der Waals surface area contributed by atoms with Crippen LogP contribution in [0.15, 0.2) is 10.8 Å². The van der Waals surface area contributed by atoms with Gasteiger partial charge in [0.1, 0.15) is 0 Å². The molecule has 4 nitrogen and oxygen atoms in total. The predicted molar refractivity (Wildman–Crippen MR) is 66.0 cm³/mol. The normalized spacial score (nSPS) is 10.4. The van der Waals surface area contributed by atoms with Crippen LogP contribution in [-0.2, 0) is 11.2 Å². The summed E-state index contributed by atoms with van der Waals surface area (Å²) in [6.07, 6.45) is 0.308. The molecule has 2 heterocycles. The van der Waals surface area contributed by atoms with Gasteiger partial charge in [-0.25, -0.2) is 9.97 Å². The molecule has 0 fully saturated rings. The Kier molecular flexibility index (Phi) is 3.31. The fourth-order valence-corrected chi connectivity index (χ4v) is 2.55. The van der Waals surface area contributed by atoms with Gasteiger partial charge in [-0.3, -0.25) is 4.79 Å². The second-order valence-electron chi connectivity index (χ2n) is 3.38. The number of amides is 1. The number of nitrogens with zero attached hydrogens (tertiary/aromatic N) is 2. The van der Waals surface area contributed by atoms with Crippen molar-refractivity contribution in [3.8, 4) is 0 Å². The van der Waals surface area contributed by atoms with Crippen molar-refractivity contribution in [2.45, 2.75) is 20.3 Å². The van der Waals surface area contributed by atoms with Crippen LogP contribution >= 0.6 is 22.7 Å². The first-order valence-corrected chi connectivity index (χ1v) is 6.52. The van der Waals surface area contributed by atoms with Crippen LogP contribution in [-0.4, -0.2) is 15.9 Å². The summed E-state index contributed by atoms with van der Waals surface area (Å²) >= 11 is 2.99. The van der Waals surface area contributed by atoms with E-state index in [1.165, 1.54) is 11.3 Å². The summed E-state index contributed by atoms with van der Waals surface area (Å²) in [7, 11) is 0. The molecule has 0 atom stereocenters. The van der Waals surface area contributed by atoms with Crippen LogP contribution in [0.2, 0.25) is 0 Å². The molecule has 16 heavy (non-hydrogen) atoms. The fourth-order valence-electron chi connectivity index (χ4n) is 1.23. The minimum atomic E-state index is -0.0698. The number of nitrogens with one attached hydrogen (secondary N) is 1. The van der Waals surface area contributed by atoms with E-state index in [0.29, 0.717) is 11.6 Å². The van der Waals surface area contributed by atoms with E-state index in [-0.39, 0.29) is 5.91 Å². The summed E-state index contributed by atoms with van der Waals surface area (Å²) in [6, 6.07) is 0. The van der Waals surface area contributed by atoms with E-state index in [1.807, 2.05) is 24.6 Å². The number of hydrogen-bond donors (Lipinski definition) is 1. The summed E-state index contributed by atoms with van der Waals surface area (Å²) in [6.45, 7) is 3.83. The molecule has 2 aromatic rings. The predicted octanol–water partition coefficient (Wildman–Crippen LogP) is 2.40. The number of anilines is 1. The molecular formula is C10H11N3OS2. The molecule has 1 N–H and O–H groups in total. The summed E-state index contributed by atoms with van der Waals surface area (Å²) in [5, 5.41) is 8.19. The summed E-state index contributed by atoms with van der Waals surface area (Å²) in [4.78, 5) is 20.0. The largest absolute Gasteiger partial charge is 0.302 e. The van der Waals surface area contributed by atoms with Crippen LogP contribution in [0.25, 0.3) is 0 Å². The zero-order valence-corrected chi connectivity index (χ0v) is 10.6. The molecule has 2 aromatic heterocycles. The number of thiazole rings is 2. The second-order valence-corrected chi connectivity index (χ2v) is 5.30. The van der Waals surface area contributed by atoms with E-state index >= 15 is 0 Å². The highest BCUT2D eigenvalue weighted by Gasteiger charge is 2.08. The van der Waals surface area contributed by atoms with Crippen molar-refractivity contribution in [1.29, 1.82) is 0 Å². The molecule has 6 heteroatoms. The van der Waals surface area contributed by atoms with Crippen molar-refractivity contribution in [3.63, 3.8) is 0 Å². The van der Waals surface area contributed by atoms with E-state index in [0.717, 1.165) is 16.4 Å². The standard InChI is InChI=1S/C10H11N3OS2/c1-6-4-16-10(11-6)13-9(14)3-8-5-15-7(2)12-8/h4-5H,3H2,1-2H3,(H,11,13,14). The fraction of sp³-hybridized carbons (Fsp3) is 0.300. The van der Waals surface area contributed by atoms with Crippen LogP contribution in [0, 0.1) is 13.8 Å². The molecule has 84 valence electrons. The van der Waals surface area contributed by atoms with E-state index in [9.17, 15) is 4.79 Å². The van der Waals surface area contributed by atoms with E-state index < -0.39 is 0 Å². The molecular weight excluding hydrogens is 242 g/mol. The maximum Gasteiger partial charge on any atom is 0.232 e. The van der Waals surface area contributed by atoms with Crippen LogP contribution in [0.1, 0.15) is 16.4 Å². The van der Waals surface area contributed by atoms with E-state index in [2.05, 4.69) is 15.3 Å². The molecule has 0 spiro atoms. The first kappa shape index (κ1) is 11.2. The maximum atomic E-state index is 11.6. The molecule has 0 aromatic carbocycles. The van der Waals surface area contributed by atoms with Gasteiger partial charge >= 0.3 is 0 Å². The maximum absolute atomic E-state index is 11.6. The molecule has 0 aliphatic rings. The number of aryl methyl sites for hydroxylation is 2. The summed E-state index contributed by atoms with van der Waals surface area (Å²) in [5.74, 6) is -0.0698. The lowest BCUT2D eigenvalue weighted by atomic mass is 10.3. The highest BCUT2D eigenvalue weighted by atomic mass is 32.1. The summed E-state index contributed by atoms with van der Waals surface area (Å²) in [5.41, 5.74) is 1.73. The lowest BCUT2D eigenvalue weighted by Gasteiger charge is -1.98. The monoisotopic (exact) mass is 253 g/mol. The van der Waals surface area contributed by atoms with Gasteiger partial charge in [0.05, 0.1) is 22.8 Å². The Labute approximate surface area is 101 Å². The summed E-state index contributed by atoms with van der Waals surface area (Å²) < 4.78 is 0. The molecule has 0 bridgehead atoms.